The van der Waals surface area contributed by atoms with Crippen molar-refractivity contribution in [3.8, 4) is 5.75 Å². The van der Waals surface area contributed by atoms with Gasteiger partial charge in [0.05, 0.1) is 5.52 Å². The molecular weight excluding hydrogens is 392 g/mol. The highest BCUT2D eigenvalue weighted by Gasteiger charge is 2.12. The number of carbonyl (C=O) groups is 1. The van der Waals surface area contributed by atoms with Crippen LogP contribution in [-0.2, 0) is 6.54 Å². The van der Waals surface area contributed by atoms with E-state index in [4.69, 9.17) is 16.0 Å². The zero-order valence-electron chi connectivity index (χ0n) is 17.0. The van der Waals surface area contributed by atoms with Gasteiger partial charge in [-0.3, -0.25) is 10.2 Å². The van der Waals surface area contributed by atoms with Gasteiger partial charge in [0.2, 0.25) is 0 Å². The van der Waals surface area contributed by atoms with E-state index in [0.717, 1.165) is 23.1 Å². The highest BCUT2D eigenvalue weighted by molar-refractivity contribution is 6.10. The molecule has 0 radical (unpaired) electrons. The summed E-state index contributed by atoms with van der Waals surface area (Å²) in [7, 11) is 0. The SMILES string of the molecule is CCn1c2ccccc2c2ccc(NC(=O)c3ccc(OCC(=N)/N=N\N)cc3)cc21. The van der Waals surface area contributed by atoms with Crippen LogP contribution < -0.4 is 15.9 Å². The number of hydrogen-bond acceptors (Lipinski definition) is 4. The number of aromatic nitrogens is 1. The molecule has 4 N–H and O–H groups in total. The average molecular weight is 414 g/mol. The van der Waals surface area contributed by atoms with Gasteiger partial charge in [0.25, 0.3) is 5.91 Å². The molecule has 0 aliphatic rings. The first-order chi connectivity index (χ1) is 15.1. The third-order valence-electron chi connectivity index (χ3n) is 5.02. The molecule has 3 aromatic carbocycles. The molecule has 0 atom stereocenters. The molecule has 4 aromatic rings. The number of anilines is 1. The standard InChI is InChI=1S/C23H22N6O2/c1-2-29-20-6-4-3-5-18(20)19-12-9-16(13-21(19)29)26-23(30)15-7-10-17(11-8-15)31-14-22(24)27-28-25/h3-13H,2,14H2,1H3,(H,26,30)(H3,24,25,27). The summed E-state index contributed by atoms with van der Waals surface area (Å²) in [5, 5.41) is 19.2. The van der Waals surface area contributed by atoms with Crippen molar-refractivity contribution in [1.82, 2.24) is 4.57 Å². The van der Waals surface area contributed by atoms with Gasteiger partial charge >= 0.3 is 0 Å². The normalized spacial score (nSPS) is 11.3. The average Bonchev–Trinajstić information content (AvgIpc) is 3.11. The summed E-state index contributed by atoms with van der Waals surface area (Å²) in [6.45, 7) is 2.89. The third kappa shape index (κ3) is 4.09. The fraction of sp³-hybridized carbons (Fsp3) is 0.130. The minimum atomic E-state index is -0.213. The molecule has 4 rings (SSSR count). The molecule has 0 bridgehead atoms. The van der Waals surface area contributed by atoms with Crippen LogP contribution in [0.25, 0.3) is 21.8 Å². The van der Waals surface area contributed by atoms with Crippen LogP contribution in [0.15, 0.2) is 77.1 Å². The van der Waals surface area contributed by atoms with E-state index < -0.39 is 0 Å². The molecule has 1 amide bonds. The minimum Gasteiger partial charge on any atom is -0.486 e. The van der Waals surface area contributed by atoms with Crippen molar-refractivity contribution >= 4 is 39.2 Å². The number of fused-ring (bicyclic) bond motifs is 3. The number of amides is 1. The lowest BCUT2D eigenvalue weighted by Gasteiger charge is -2.09. The molecule has 0 aliphatic carbocycles. The molecule has 8 nitrogen and oxygen atoms in total. The first-order valence-electron chi connectivity index (χ1n) is 9.84. The van der Waals surface area contributed by atoms with Gasteiger partial charge in [0, 0.05) is 34.1 Å². The summed E-state index contributed by atoms with van der Waals surface area (Å²) in [4.78, 5) is 12.7. The van der Waals surface area contributed by atoms with Crippen LogP contribution in [0, 0.1) is 5.41 Å². The fourth-order valence-corrected chi connectivity index (χ4v) is 3.62. The zero-order chi connectivity index (χ0) is 21.8. The number of benzene rings is 3. The molecule has 31 heavy (non-hydrogen) atoms. The molecule has 0 saturated carbocycles. The van der Waals surface area contributed by atoms with E-state index in [9.17, 15) is 4.79 Å². The van der Waals surface area contributed by atoms with Crippen LogP contribution in [0.3, 0.4) is 0 Å². The van der Waals surface area contributed by atoms with Gasteiger partial charge in [0.1, 0.15) is 12.4 Å². The number of aryl methyl sites for hydroxylation is 1. The Bertz CT molecular complexity index is 1290. The van der Waals surface area contributed by atoms with Crippen LogP contribution in [0.4, 0.5) is 5.69 Å². The Morgan fingerprint density at radius 3 is 2.55 bits per heavy atom. The Labute approximate surface area is 178 Å². The number of rotatable bonds is 6. The Morgan fingerprint density at radius 2 is 1.81 bits per heavy atom. The van der Waals surface area contributed by atoms with Gasteiger partial charge in [-0.15, -0.1) is 5.11 Å². The second-order valence-electron chi connectivity index (χ2n) is 6.92. The van der Waals surface area contributed by atoms with Crippen molar-refractivity contribution in [2.24, 2.45) is 16.2 Å². The summed E-state index contributed by atoms with van der Waals surface area (Å²) >= 11 is 0. The predicted octanol–water partition coefficient (Wildman–Crippen LogP) is 4.75. The molecule has 156 valence electrons. The summed E-state index contributed by atoms with van der Waals surface area (Å²) in [5.74, 6) is 5.11. The molecule has 8 heteroatoms. The maximum absolute atomic E-state index is 12.7. The number of nitrogens with zero attached hydrogens (tertiary/aromatic N) is 3. The molecule has 0 aliphatic heterocycles. The monoisotopic (exact) mass is 414 g/mol. The lowest BCUT2D eigenvalue weighted by atomic mass is 10.1. The number of nitrogens with one attached hydrogen (secondary N) is 2. The van der Waals surface area contributed by atoms with Crippen molar-refractivity contribution in [2.45, 2.75) is 13.5 Å². The molecular formula is C23H22N6O2. The lowest BCUT2D eigenvalue weighted by Crippen LogP contribution is -2.12. The largest absolute Gasteiger partial charge is 0.486 e. The van der Waals surface area contributed by atoms with Gasteiger partial charge in [-0.2, -0.15) is 0 Å². The van der Waals surface area contributed by atoms with E-state index in [2.05, 4.69) is 39.3 Å². The van der Waals surface area contributed by atoms with E-state index in [0.29, 0.717) is 11.3 Å². The number of hydrogen-bond donors (Lipinski definition) is 3. The highest BCUT2D eigenvalue weighted by Crippen LogP contribution is 2.31. The van der Waals surface area contributed by atoms with E-state index in [1.165, 1.54) is 10.9 Å². The van der Waals surface area contributed by atoms with Crippen LogP contribution in [-0.4, -0.2) is 22.9 Å². The Kier molecular flexibility index (Phi) is 5.61. The smallest absolute Gasteiger partial charge is 0.255 e. The van der Waals surface area contributed by atoms with Crippen molar-refractivity contribution in [1.29, 1.82) is 5.41 Å². The summed E-state index contributed by atoms with van der Waals surface area (Å²) in [6.07, 6.45) is 0. The van der Waals surface area contributed by atoms with E-state index in [1.54, 1.807) is 24.3 Å². The Hall–Kier alpha value is -4.20. The summed E-state index contributed by atoms with van der Waals surface area (Å²) in [6, 6.07) is 20.9. The molecule has 0 spiro atoms. The number of ether oxygens (including phenoxy) is 1. The van der Waals surface area contributed by atoms with Crippen molar-refractivity contribution in [3.63, 3.8) is 0 Å². The summed E-state index contributed by atoms with van der Waals surface area (Å²) < 4.78 is 7.65. The first-order valence-corrected chi connectivity index (χ1v) is 9.84. The quantitative estimate of drug-likeness (QED) is 0.139. The highest BCUT2D eigenvalue weighted by atomic mass is 16.5. The Balaban J connectivity index is 1.52. The van der Waals surface area contributed by atoms with Crippen LogP contribution in [0.2, 0.25) is 0 Å². The molecule has 0 fully saturated rings. The lowest BCUT2D eigenvalue weighted by molar-refractivity contribution is 0.102. The van der Waals surface area contributed by atoms with Crippen LogP contribution in [0.1, 0.15) is 17.3 Å². The van der Waals surface area contributed by atoms with E-state index in [1.807, 2.05) is 30.3 Å². The molecule has 0 saturated heterocycles. The maximum atomic E-state index is 12.7. The fourth-order valence-electron chi connectivity index (χ4n) is 3.62. The van der Waals surface area contributed by atoms with Gasteiger partial charge in [-0.05, 0) is 49.4 Å². The van der Waals surface area contributed by atoms with E-state index in [-0.39, 0.29) is 18.3 Å². The number of para-hydroxylation sites is 1. The van der Waals surface area contributed by atoms with Crippen molar-refractivity contribution < 1.29 is 9.53 Å². The molecule has 1 heterocycles. The van der Waals surface area contributed by atoms with Crippen molar-refractivity contribution in [3.05, 3.63) is 72.3 Å². The minimum absolute atomic E-state index is 0.0579. The van der Waals surface area contributed by atoms with Crippen LogP contribution >= 0.6 is 0 Å². The first kappa shape index (κ1) is 20.1. The summed E-state index contributed by atoms with van der Waals surface area (Å²) in [5.41, 5.74) is 3.50. The maximum Gasteiger partial charge on any atom is 0.255 e. The second-order valence-corrected chi connectivity index (χ2v) is 6.92. The number of carbonyl (C=O) groups excluding carboxylic acids is 1. The van der Waals surface area contributed by atoms with Gasteiger partial charge in [0.15, 0.2) is 5.84 Å². The predicted molar refractivity (Wildman–Crippen MR) is 122 cm³/mol. The van der Waals surface area contributed by atoms with Crippen molar-refractivity contribution in [2.75, 3.05) is 11.9 Å². The molecule has 0 unspecified atom stereocenters. The number of nitrogens with two attached hydrogens (primary N) is 1. The van der Waals surface area contributed by atoms with Gasteiger partial charge < -0.3 is 20.5 Å². The third-order valence-corrected chi connectivity index (χ3v) is 5.02. The Morgan fingerprint density at radius 1 is 1.06 bits per heavy atom. The topological polar surface area (TPSA) is 118 Å². The second kappa shape index (κ2) is 8.66. The van der Waals surface area contributed by atoms with E-state index >= 15 is 0 Å². The number of amidine groups is 1. The van der Waals surface area contributed by atoms with Crippen LogP contribution in [0.5, 0.6) is 5.75 Å². The molecule has 1 aromatic heterocycles. The van der Waals surface area contributed by atoms with Gasteiger partial charge in [-0.25, -0.2) is 0 Å². The van der Waals surface area contributed by atoms with Gasteiger partial charge in [-0.1, -0.05) is 29.5 Å². The zero-order valence-corrected chi connectivity index (χ0v) is 17.0.